The monoisotopic (exact) mass is 220 g/mol. The van der Waals surface area contributed by atoms with Crippen LogP contribution < -0.4 is 5.32 Å². The predicted molar refractivity (Wildman–Crippen MR) is 69.6 cm³/mol. The van der Waals surface area contributed by atoms with Gasteiger partial charge in [-0.2, -0.15) is 0 Å². The number of nitrogens with one attached hydrogen (secondary N) is 1. The minimum absolute atomic E-state index is 0.283. The molecule has 2 nitrogen and oxygen atoms in total. The summed E-state index contributed by atoms with van der Waals surface area (Å²) in [6, 6.07) is 6.59. The average molecular weight is 220 g/mol. The van der Waals surface area contributed by atoms with E-state index in [0.29, 0.717) is 12.0 Å². The first kappa shape index (κ1) is 13.2. The summed E-state index contributed by atoms with van der Waals surface area (Å²) in [6.07, 6.45) is 3.03. The molecule has 0 fully saturated rings. The van der Waals surface area contributed by atoms with Crippen LogP contribution in [0.3, 0.4) is 0 Å². The fourth-order valence-corrected chi connectivity index (χ4v) is 2.35. The number of hydrogen-bond donors (Lipinski definition) is 1. The third-order valence-corrected chi connectivity index (χ3v) is 3.72. The van der Waals surface area contributed by atoms with Crippen LogP contribution in [0.25, 0.3) is 0 Å². The highest BCUT2D eigenvalue weighted by Crippen LogP contribution is 2.33. The summed E-state index contributed by atoms with van der Waals surface area (Å²) in [4.78, 5) is 4.46. The minimum Gasteiger partial charge on any atom is -0.316 e. The highest BCUT2D eigenvalue weighted by molar-refractivity contribution is 5.12. The van der Waals surface area contributed by atoms with Crippen molar-refractivity contribution in [1.82, 2.24) is 10.3 Å². The zero-order chi connectivity index (χ0) is 12.2. The van der Waals surface area contributed by atoms with Gasteiger partial charge in [-0.3, -0.25) is 4.98 Å². The Morgan fingerprint density at radius 2 is 2.06 bits per heavy atom. The first-order valence-electron chi connectivity index (χ1n) is 6.11. The second-order valence-electron chi connectivity index (χ2n) is 5.15. The molecule has 1 aromatic heterocycles. The zero-order valence-corrected chi connectivity index (χ0v) is 11.1. The van der Waals surface area contributed by atoms with Crippen LogP contribution in [-0.2, 0) is 0 Å². The standard InChI is InChI=1S/C14H24N2/c1-6-14(3,4)13(15-5)11(2)12-9-7-8-10-16-12/h7-11,13,15H,6H2,1-5H3. The van der Waals surface area contributed by atoms with E-state index < -0.39 is 0 Å². The molecule has 0 aliphatic heterocycles. The number of likely N-dealkylation sites (N-methyl/N-ethyl adjacent to an activating group) is 1. The highest BCUT2D eigenvalue weighted by atomic mass is 14.9. The predicted octanol–water partition coefficient (Wildman–Crippen LogP) is 3.21. The van der Waals surface area contributed by atoms with Gasteiger partial charge in [-0.25, -0.2) is 0 Å². The molecule has 90 valence electrons. The van der Waals surface area contributed by atoms with Crippen molar-refractivity contribution in [3.05, 3.63) is 30.1 Å². The topological polar surface area (TPSA) is 24.9 Å². The van der Waals surface area contributed by atoms with Crippen LogP contribution in [-0.4, -0.2) is 18.1 Å². The van der Waals surface area contributed by atoms with E-state index in [9.17, 15) is 0 Å². The largest absolute Gasteiger partial charge is 0.316 e. The van der Waals surface area contributed by atoms with Crippen LogP contribution in [0.4, 0.5) is 0 Å². The van der Waals surface area contributed by atoms with Gasteiger partial charge in [0.1, 0.15) is 0 Å². The Hall–Kier alpha value is -0.890. The van der Waals surface area contributed by atoms with Crippen molar-refractivity contribution in [3.8, 4) is 0 Å². The average Bonchev–Trinajstić information content (AvgIpc) is 2.30. The molecular weight excluding hydrogens is 196 g/mol. The summed E-state index contributed by atoms with van der Waals surface area (Å²) in [5.41, 5.74) is 1.45. The first-order chi connectivity index (χ1) is 7.53. The third-order valence-electron chi connectivity index (χ3n) is 3.72. The SMILES string of the molecule is CCC(C)(C)C(NC)C(C)c1ccccn1. The Labute approximate surface area is 99.5 Å². The van der Waals surface area contributed by atoms with Crippen molar-refractivity contribution in [2.45, 2.75) is 46.1 Å². The molecule has 0 bridgehead atoms. The van der Waals surface area contributed by atoms with Gasteiger partial charge < -0.3 is 5.32 Å². The molecule has 0 saturated heterocycles. The quantitative estimate of drug-likeness (QED) is 0.824. The van der Waals surface area contributed by atoms with Gasteiger partial charge >= 0.3 is 0 Å². The Bertz CT molecular complexity index is 306. The summed E-state index contributed by atoms with van der Waals surface area (Å²) >= 11 is 0. The molecule has 0 aliphatic carbocycles. The summed E-state index contributed by atoms with van der Waals surface area (Å²) in [7, 11) is 2.04. The number of rotatable bonds is 5. The van der Waals surface area contributed by atoms with E-state index in [4.69, 9.17) is 0 Å². The van der Waals surface area contributed by atoms with Crippen LogP contribution in [0.15, 0.2) is 24.4 Å². The van der Waals surface area contributed by atoms with E-state index in [0.717, 1.165) is 6.42 Å². The Morgan fingerprint density at radius 1 is 1.38 bits per heavy atom. The maximum absolute atomic E-state index is 4.46. The molecule has 0 amide bonds. The van der Waals surface area contributed by atoms with Gasteiger partial charge in [0.05, 0.1) is 0 Å². The second kappa shape index (κ2) is 5.44. The van der Waals surface area contributed by atoms with E-state index in [-0.39, 0.29) is 5.41 Å². The van der Waals surface area contributed by atoms with Crippen molar-refractivity contribution < 1.29 is 0 Å². The maximum atomic E-state index is 4.46. The first-order valence-corrected chi connectivity index (χ1v) is 6.11. The summed E-state index contributed by atoms with van der Waals surface area (Å²) < 4.78 is 0. The molecule has 1 heterocycles. The number of nitrogens with zero attached hydrogens (tertiary/aromatic N) is 1. The molecule has 0 radical (unpaired) electrons. The van der Waals surface area contributed by atoms with Gasteiger partial charge in [-0.05, 0) is 31.0 Å². The Morgan fingerprint density at radius 3 is 2.50 bits per heavy atom. The van der Waals surface area contributed by atoms with E-state index >= 15 is 0 Å². The van der Waals surface area contributed by atoms with Crippen molar-refractivity contribution in [1.29, 1.82) is 0 Å². The summed E-state index contributed by atoms with van der Waals surface area (Å²) in [6.45, 7) is 9.12. The minimum atomic E-state index is 0.283. The van der Waals surface area contributed by atoms with Gasteiger partial charge in [-0.15, -0.1) is 0 Å². The van der Waals surface area contributed by atoms with Crippen molar-refractivity contribution in [2.75, 3.05) is 7.05 Å². The molecule has 1 aromatic rings. The Balaban J connectivity index is 2.90. The van der Waals surface area contributed by atoms with E-state index in [1.165, 1.54) is 5.69 Å². The Kier molecular flexibility index (Phi) is 4.48. The summed E-state index contributed by atoms with van der Waals surface area (Å²) in [5, 5.41) is 3.45. The lowest BCUT2D eigenvalue weighted by atomic mass is 9.75. The molecule has 0 spiro atoms. The molecule has 2 unspecified atom stereocenters. The van der Waals surface area contributed by atoms with Crippen LogP contribution in [0.2, 0.25) is 0 Å². The molecule has 0 saturated carbocycles. The van der Waals surface area contributed by atoms with Crippen LogP contribution in [0, 0.1) is 5.41 Å². The van der Waals surface area contributed by atoms with Gasteiger partial charge in [0.25, 0.3) is 0 Å². The molecule has 16 heavy (non-hydrogen) atoms. The normalized spacial score (nSPS) is 15.8. The third kappa shape index (κ3) is 2.82. The molecule has 2 heteroatoms. The maximum Gasteiger partial charge on any atom is 0.0447 e. The van der Waals surface area contributed by atoms with E-state index in [1.54, 1.807) is 0 Å². The fourth-order valence-electron chi connectivity index (χ4n) is 2.35. The van der Waals surface area contributed by atoms with Gasteiger partial charge in [0, 0.05) is 23.9 Å². The van der Waals surface area contributed by atoms with Crippen molar-refractivity contribution >= 4 is 0 Å². The second-order valence-corrected chi connectivity index (χ2v) is 5.15. The fraction of sp³-hybridized carbons (Fsp3) is 0.643. The molecule has 2 atom stereocenters. The van der Waals surface area contributed by atoms with Crippen molar-refractivity contribution in [3.63, 3.8) is 0 Å². The zero-order valence-electron chi connectivity index (χ0n) is 11.1. The van der Waals surface area contributed by atoms with Crippen LogP contribution in [0.5, 0.6) is 0 Å². The van der Waals surface area contributed by atoms with Gasteiger partial charge in [-0.1, -0.05) is 33.8 Å². The van der Waals surface area contributed by atoms with E-state index in [1.807, 2.05) is 19.3 Å². The molecule has 1 rings (SSSR count). The molecule has 1 N–H and O–H groups in total. The number of hydrogen-bond acceptors (Lipinski definition) is 2. The van der Waals surface area contributed by atoms with Gasteiger partial charge in [0.15, 0.2) is 0 Å². The number of aromatic nitrogens is 1. The lowest BCUT2D eigenvalue weighted by Gasteiger charge is -2.37. The van der Waals surface area contributed by atoms with Crippen molar-refractivity contribution in [2.24, 2.45) is 5.41 Å². The van der Waals surface area contributed by atoms with Crippen LogP contribution >= 0.6 is 0 Å². The highest BCUT2D eigenvalue weighted by Gasteiger charge is 2.32. The number of pyridine rings is 1. The van der Waals surface area contributed by atoms with Gasteiger partial charge in [0.2, 0.25) is 0 Å². The molecule has 0 aromatic carbocycles. The van der Waals surface area contributed by atoms with Crippen LogP contribution in [0.1, 0.15) is 45.7 Å². The lowest BCUT2D eigenvalue weighted by Crippen LogP contribution is -2.43. The summed E-state index contributed by atoms with van der Waals surface area (Å²) in [5.74, 6) is 0.432. The molecule has 0 aliphatic rings. The molecular formula is C14H24N2. The van der Waals surface area contributed by atoms with E-state index in [2.05, 4.69) is 50.1 Å². The smallest absolute Gasteiger partial charge is 0.0447 e. The lowest BCUT2D eigenvalue weighted by molar-refractivity contribution is 0.214.